The van der Waals surface area contributed by atoms with Crippen LogP contribution in [-0.4, -0.2) is 29.9 Å². The van der Waals surface area contributed by atoms with Crippen LogP contribution < -0.4 is 0 Å². The van der Waals surface area contributed by atoms with Crippen molar-refractivity contribution in [1.82, 2.24) is 0 Å². The van der Waals surface area contributed by atoms with E-state index in [4.69, 9.17) is 13.3 Å². The highest BCUT2D eigenvalue weighted by Crippen LogP contribution is 2.29. The Morgan fingerprint density at radius 2 is 1.71 bits per heavy atom. The Balaban J connectivity index is 2.18. The monoisotopic (exact) mass is 364 g/mol. The molecular formula is C17H27F3O3Si. The topological polar surface area (TPSA) is 27.7 Å². The van der Waals surface area contributed by atoms with Crippen LogP contribution in [0.3, 0.4) is 0 Å². The third-order valence-corrected chi connectivity index (χ3v) is 5.27. The van der Waals surface area contributed by atoms with Gasteiger partial charge in [-0.3, -0.25) is 0 Å². The SMILES string of the molecule is CO[SiH](OC)OC(C)CCCCCCc1cccc(C(F)(F)F)c1. The van der Waals surface area contributed by atoms with Crippen LogP contribution in [-0.2, 0) is 25.9 Å². The third kappa shape index (κ3) is 8.28. The summed E-state index contributed by atoms with van der Waals surface area (Å²) in [7, 11) is 1.20. The molecule has 1 atom stereocenters. The lowest BCUT2D eigenvalue weighted by atomic mass is 10.0. The molecule has 7 heteroatoms. The fraction of sp³-hybridized carbons (Fsp3) is 0.647. The van der Waals surface area contributed by atoms with Gasteiger partial charge in [0.05, 0.1) is 5.56 Å². The molecule has 0 saturated heterocycles. The van der Waals surface area contributed by atoms with Gasteiger partial charge in [0, 0.05) is 20.3 Å². The fourth-order valence-corrected chi connectivity index (χ4v) is 3.41. The van der Waals surface area contributed by atoms with Gasteiger partial charge in [-0.15, -0.1) is 0 Å². The summed E-state index contributed by atoms with van der Waals surface area (Å²) in [6, 6.07) is 5.59. The Morgan fingerprint density at radius 1 is 1.04 bits per heavy atom. The normalized spacial score (nSPS) is 13.5. The molecule has 1 unspecified atom stereocenters. The maximum atomic E-state index is 12.6. The first-order valence-electron chi connectivity index (χ1n) is 8.24. The van der Waals surface area contributed by atoms with E-state index < -0.39 is 21.3 Å². The van der Waals surface area contributed by atoms with Crippen LogP contribution in [0.2, 0.25) is 0 Å². The number of alkyl halides is 3. The average Bonchev–Trinajstić information content (AvgIpc) is 2.55. The molecule has 0 aliphatic rings. The lowest BCUT2D eigenvalue weighted by Crippen LogP contribution is -2.28. The fourth-order valence-electron chi connectivity index (χ4n) is 2.48. The predicted octanol–water partition coefficient (Wildman–Crippen LogP) is 4.61. The number of halogens is 3. The van der Waals surface area contributed by atoms with Gasteiger partial charge in [0.25, 0.3) is 0 Å². The molecule has 0 N–H and O–H groups in total. The second-order valence-corrected chi connectivity index (χ2v) is 7.65. The zero-order valence-corrected chi connectivity index (χ0v) is 15.7. The van der Waals surface area contributed by atoms with Crippen LogP contribution in [0.1, 0.15) is 50.2 Å². The van der Waals surface area contributed by atoms with Crippen LogP contribution in [0.5, 0.6) is 0 Å². The van der Waals surface area contributed by atoms with E-state index in [9.17, 15) is 13.2 Å². The van der Waals surface area contributed by atoms with E-state index in [1.807, 2.05) is 6.92 Å². The second kappa shape index (κ2) is 10.9. The Hall–Kier alpha value is -0.893. The number of aryl methyl sites for hydroxylation is 1. The highest BCUT2D eigenvalue weighted by atomic mass is 28.3. The quantitative estimate of drug-likeness (QED) is 0.424. The summed E-state index contributed by atoms with van der Waals surface area (Å²) in [6.45, 7) is 2.00. The lowest BCUT2D eigenvalue weighted by Gasteiger charge is -2.17. The van der Waals surface area contributed by atoms with Crippen molar-refractivity contribution < 1.29 is 26.4 Å². The molecule has 3 nitrogen and oxygen atoms in total. The molecule has 0 saturated carbocycles. The zero-order valence-electron chi connectivity index (χ0n) is 14.6. The standard InChI is InChI=1S/C17H27F3O3Si/c1-14(23-24(21-2)22-3)9-6-4-5-7-10-15-11-8-12-16(13-15)17(18,19)20/h8,11-14,24H,4-7,9-10H2,1-3H3. The van der Waals surface area contributed by atoms with Crippen LogP contribution in [0.4, 0.5) is 13.2 Å². The third-order valence-electron chi connectivity index (χ3n) is 3.81. The Bertz CT molecular complexity index is 465. The number of hydrogen-bond donors (Lipinski definition) is 0. The van der Waals surface area contributed by atoms with Crippen LogP contribution in [0.25, 0.3) is 0 Å². The van der Waals surface area contributed by atoms with E-state index in [0.29, 0.717) is 6.42 Å². The van der Waals surface area contributed by atoms with Gasteiger partial charge in [0.1, 0.15) is 0 Å². The smallest absolute Gasteiger partial charge is 0.379 e. The average molecular weight is 364 g/mol. The van der Waals surface area contributed by atoms with Gasteiger partial charge in [-0.2, -0.15) is 13.2 Å². The predicted molar refractivity (Wildman–Crippen MR) is 89.9 cm³/mol. The Labute approximate surface area is 144 Å². The second-order valence-electron chi connectivity index (χ2n) is 5.86. The molecule has 0 radical (unpaired) electrons. The summed E-state index contributed by atoms with van der Waals surface area (Å²) in [5, 5.41) is 0. The maximum Gasteiger partial charge on any atom is 0.483 e. The van der Waals surface area contributed by atoms with Crippen molar-refractivity contribution in [3.05, 3.63) is 35.4 Å². The minimum absolute atomic E-state index is 0.102. The molecular weight excluding hydrogens is 337 g/mol. The largest absolute Gasteiger partial charge is 0.483 e. The van der Waals surface area contributed by atoms with Crippen molar-refractivity contribution in [2.75, 3.05) is 14.2 Å². The van der Waals surface area contributed by atoms with E-state index >= 15 is 0 Å². The summed E-state index contributed by atoms with van der Waals surface area (Å²) >= 11 is 0. The first-order chi connectivity index (χ1) is 11.4. The summed E-state index contributed by atoms with van der Waals surface area (Å²) in [4.78, 5) is 0. The first kappa shape index (κ1) is 21.2. The van der Waals surface area contributed by atoms with E-state index in [1.165, 1.54) is 12.1 Å². The van der Waals surface area contributed by atoms with Crippen molar-refractivity contribution in [3.63, 3.8) is 0 Å². The lowest BCUT2D eigenvalue weighted by molar-refractivity contribution is -0.137. The summed E-state index contributed by atoms with van der Waals surface area (Å²) < 4.78 is 53.8. The summed E-state index contributed by atoms with van der Waals surface area (Å²) in [6.07, 6.45) is 1.40. The Morgan fingerprint density at radius 3 is 2.33 bits per heavy atom. The van der Waals surface area contributed by atoms with E-state index in [0.717, 1.165) is 43.7 Å². The minimum atomic E-state index is -4.27. The van der Waals surface area contributed by atoms with Crippen molar-refractivity contribution in [3.8, 4) is 0 Å². The van der Waals surface area contributed by atoms with Gasteiger partial charge in [0.15, 0.2) is 0 Å². The highest BCUT2D eigenvalue weighted by Gasteiger charge is 2.30. The van der Waals surface area contributed by atoms with Gasteiger partial charge in [-0.25, -0.2) is 0 Å². The van der Waals surface area contributed by atoms with E-state index in [1.54, 1.807) is 20.3 Å². The molecule has 0 aromatic heterocycles. The molecule has 1 aromatic rings. The Kier molecular flexibility index (Phi) is 9.58. The van der Waals surface area contributed by atoms with Crippen LogP contribution in [0, 0.1) is 0 Å². The molecule has 1 aromatic carbocycles. The van der Waals surface area contributed by atoms with Gasteiger partial charge < -0.3 is 13.3 Å². The van der Waals surface area contributed by atoms with Crippen molar-refractivity contribution in [2.24, 2.45) is 0 Å². The maximum absolute atomic E-state index is 12.6. The van der Waals surface area contributed by atoms with E-state index in [2.05, 4.69) is 0 Å². The zero-order chi connectivity index (χ0) is 18.0. The van der Waals surface area contributed by atoms with Crippen molar-refractivity contribution >= 4 is 9.53 Å². The van der Waals surface area contributed by atoms with Crippen LogP contribution >= 0.6 is 0 Å². The number of benzene rings is 1. The summed E-state index contributed by atoms with van der Waals surface area (Å²) in [5.74, 6) is 0. The van der Waals surface area contributed by atoms with Crippen molar-refractivity contribution in [1.29, 1.82) is 0 Å². The molecule has 0 amide bonds. The number of rotatable bonds is 11. The minimum Gasteiger partial charge on any atom is -0.379 e. The highest BCUT2D eigenvalue weighted by molar-refractivity contribution is 6.36. The van der Waals surface area contributed by atoms with Gasteiger partial charge in [-0.1, -0.05) is 37.5 Å². The van der Waals surface area contributed by atoms with Gasteiger partial charge in [-0.05, 0) is 37.8 Å². The molecule has 0 spiro atoms. The molecule has 24 heavy (non-hydrogen) atoms. The number of unbranched alkanes of at least 4 members (excludes halogenated alkanes) is 3. The molecule has 138 valence electrons. The first-order valence-corrected chi connectivity index (χ1v) is 9.65. The van der Waals surface area contributed by atoms with Gasteiger partial charge in [0.2, 0.25) is 0 Å². The number of hydrogen-bond acceptors (Lipinski definition) is 3. The van der Waals surface area contributed by atoms with Gasteiger partial charge >= 0.3 is 15.7 Å². The van der Waals surface area contributed by atoms with E-state index in [-0.39, 0.29) is 6.10 Å². The van der Waals surface area contributed by atoms with Crippen LogP contribution in [0.15, 0.2) is 24.3 Å². The molecule has 1 rings (SSSR count). The molecule has 0 aliphatic carbocycles. The van der Waals surface area contributed by atoms with Crippen molar-refractivity contribution in [2.45, 2.75) is 57.7 Å². The molecule has 0 aliphatic heterocycles. The molecule has 0 heterocycles. The molecule has 0 fully saturated rings. The molecule has 0 bridgehead atoms. The summed E-state index contributed by atoms with van der Waals surface area (Å²) in [5.41, 5.74) is 0.177.